The summed E-state index contributed by atoms with van der Waals surface area (Å²) in [5, 5.41) is 18.2. The van der Waals surface area contributed by atoms with E-state index in [0.717, 1.165) is 35.5 Å². The fourth-order valence-corrected chi connectivity index (χ4v) is 4.78. The van der Waals surface area contributed by atoms with E-state index in [1.165, 1.54) is 43.2 Å². The Hall–Kier alpha value is -2.04. The van der Waals surface area contributed by atoms with Gasteiger partial charge >= 0.3 is 0 Å². The van der Waals surface area contributed by atoms with E-state index in [2.05, 4.69) is 50.2 Å². The summed E-state index contributed by atoms with van der Waals surface area (Å²) in [6.45, 7) is 4.86. The molecule has 4 heteroatoms. The molecule has 1 aliphatic rings. The van der Waals surface area contributed by atoms with Crippen LogP contribution in [0.5, 0.6) is 11.5 Å². The third-order valence-electron chi connectivity index (χ3n) is 6.36. The first-order valence-corrected chi connectivity index (χ1v) is 11.3. The quantitative estimate of drug-likeness (QED) is 0.635. The Bertz CT molecular complexity index is 747. The third-order valence-corrected chi connectivity index (χ3v) is 6.36. The fraction of sp³-hybridized carbons (Fsp3) is 0.538. The highest BCUT2D eigenvalue weighted by Crippen LogP contribution is 2.45. The van der Waals surface area contributed by atoms with Gasteiger partial charge in [0.25, 0.3) is 0 Å². The van der Waals surface area contributed by atoms with E-state index in [1.807, 2.05) is 0 Å². The molecule has 30 heavy (non-hydrogen) atoms. The Kier molecular flexibility index (Phi) is 8.17. The van der Waals surface area contributed by atoms with E-state index in [-0.39, 0.29) is 18.6 Å². The first kappa shape index (κ1) is 22.6. The van der Waals surface area contributed by atoms with Gasteiger partial charge in [0.2, 0.25) is 0 Å². The maximum atomic E-state index is 9.08. The molecular formula is C26H36O4. The standard InChI is InChI=1S/C26H36O4/c1-20-18-22(8-10-24(20)29-16-14-27)26(12-6-4-3-5-7-13-26)23-9-11-25(21(2)19-23)30-17-15-28/h8-11,18-19,27-28H,3-7,12-17H2,1-2H3. The van der Waals surface area contributed by atoms with Crippen LogP contribution in [0.3, 0.4) is 0 Å². The third kappa shape index (κ3) is 5.16. The van der Waals surface area contributed by atoms with Crippen LogP contribution in [-0.4, -0.2) is 36.6 Å². The molecule has 0 amide bonds. The zero-order valence-corrected chi connectivity index (χ0v) is 18.5. The monoisotopic (exact) mass is 412 g/mol. The van der Waals surface area contributed by atoms with Crippen LogP contribution in [0.2, 0.25) is 0 Å². The van der Waals surface area contributed by atoms with Gasteiger partial charge in [-0.15, -0.1) is 0 Å². The van der Waals surface area contributed by atoms with Crippen LogP contribution in [0.1, 0.15) is 67.2 Å². The van der Waals surface area contributed by atoms with Crippen LogP contribution in [0.15, 0.2) is 36.4 Å². The number of aliphatic hydroxyl groups is 2. The molecule has 2 aromatic rings. The summed E-state index contributed by atoms with van der Waals surface area (Å²) >= 11 is 0. The SMILES string of the molecule is Cc1cc(C2(c3ccc(OCCO)c(C)c3)CCCCCCC2)ccc1OCCO. The summed E-state index contributed by atoms with van der Waals surface area (Å²) in [6, 6.07) is 13.1. The minimum absolute atomic E-state index is 0.0129. The molecule has 0 atom stereocenters. The second kappa shape index (κ2) is 10.8. The van der Waals surface area contributed by atoms with Crippen molar-refractivity contribution < 1.29 is 19.7 Å². The summed E-state index contributed by atoms with van der Waals surface area (Å²) in [4.78, 5) is 0. The Balaban J connectivity index is 2.01. The van der Waals surface area contributed by atoms with Crippen molar-refractivity contribution >= 4 is 0 Å². The summed E-state index contributed by atoms with van der Waals surface area (Å²) in [5.41, 5.74) is 4.91. The zero-order chi connectivity index (χ0) is 21.4. The zero-order valence-electron chi connectivity index (χ0n) is 18.5. The van der Waals surface area contributed by atoms with Gasteiger partial charge in [0.05, 0.1) is 13.2 Å². The highest BCUT2D eigenvalue weighted by atomic mass is 16.5. The summed E-state index contributed by atoms with van der Waals surface area (Å²) < 4.78 is 11.4. The van der Waals surface area contributed by atoms with E-state index in [4.69, 9.17) is 19.7 Å². The van der Waals surface area contributed by atoms with Crippen molar-refractivity contribution in [3.8, 4) is 11.5 Å². The predicted octanol–water partition coefficient (Wildman–Crippen LogP) is 5.08. The molecule has 0 spiro atoms. The van der Waals surface area contributed by atoms with Crippen molar-refractivity contribution in [2.75, 3.05) is 26.4 Å². The number of rotatable bonds is 8. The molecule has 0 aromatic heterocycles. The summed E-state index contributed by atoms with van der Waals surface area (Å²) in [7, 11) is 0. The van der Waals surface area contributed by atoms with Gasteiger partial charge in [0.15, 0.2) is 0 Å². The van der Waals surface area contributed by atoms with Crippen molar-refractivity contribution in [3.63, 3.8) is 0 Å². The number of ether oxygens (including phenoxy) is 2. The Morgan fingerprint density at radius 2 is 1.13 bits per heavy atom. The molecule has 1 saturated carbocycles. The largest absolute Gasteiger partial charge is 0.491 e. The first-order valence-electron chi connectivity index (χ1n) is 11.3. The second-order valence-electron chi connectivity index (χ2n) is 8.45. The highest BCUT2D eigenvalue weighted by Gasteiger charge is 2.35. The molecule has 2 N–H and O–H groups in total. The Morgan fingerprint density at radius 1 is 0.700 bits per heavy atom. The van der Waals surface area contributed by atoms with Crippen molar-refractivity contribution in [2.45, 2.75) is 64.2 Å². The van der Waals surface area contributed by atoms with Crippen molar-refractivity contribution in [3.05, 3.63) is 58.7 Å². The molecule has 4 nitrogen and oxygen atoms in total. The normalized spacial score (nSPS) is 16.5. The van der Waals surface area contributed by atoms with Crippen molar-refractivity contribution in [1.82, 2.24) is 0 Å². The smallest absolute Gasteiger partial charge is 0.122 e. The Labute approximate surface area is 180 Å². The van der Waals surface area contributed by atoms with E-state index in [9.17, 15) is 0 Å². The molecule has 1 aliphatic carbocycles. The van der Waals surface area contributed by atoms with E-state index in [1.54, 1.807) is 0 Å². The molecule has 0 unspecified atom stereocenters. The molecular weight excluding hydrogens is 376 g/mol. The number of benzene rings is 2. The molecule has 0 aliphatic heterocycles. The predicted molar refractivity (Wildman–Crippen MR) is 121 cm³/mol. The topological polar surface area (TPSA) is 58.9 Å². The number of hydrogen-bond acceptors (Lipinski definition) is 4. The molecule has 2 aromatic carbocycles. The maximum absolute atomic E-state index is 9.08. The minimum Gasteiger partial charge on any atom is -0.491 e. The lowest BCUT2D eigenvalue weighted by Gasteiger charge is -2.37. The molecule has 3 rings (SSSR count). The fourth-order valence-electron chi connectivity index (χ4n) is 4.78. The van der Waals surface area contributed by atoms with Gasteiger partial charge in [-0.3, -0.25) is 0 Å². The van der Waals surface area contributed by atoms with Gasteiger partial charge in [0, 0.05) is 5.41 Å². The van der Waals surface area contributed by atoms with E-state index < -0.39 is 0 Å². The average Bonchev–Trinajstić information content (AvgIpc) is 2.72. The molecule has 0 radical (unpaired) electrons. The van der Waals surface area contributed by atoms with Gasteiger partial charge in [0.1, 0.15) is 24.7 Å². The molecule has 0 heterocycles. The lowest BCUT2D eigenvalue weighted by atomic mass is 9.66. The van der Waals surface area contributed by atoms with Crippen LogP contribution in [0, 0.1) is 13.8 Å². The molecule has 0 bridgehead atoms. The number of aryl methyl sites for hydroxylation is 2. The number of hydrogen-bond donors (Lipinski definition) is 2. The van der Waals surface area contributed by atoms with Gasteiger partial charge in [-0.2, -0.15) is 0 Å². The lowest BCUT2D eigenvalue weighted by Crippen LogP contribution is -2.29. The summed E-state index contributed by atoms with van der Waals surface area (Å²) in [6.07, 6.45) is 8.63. The van der Waals surface area contributed by atoms with E-state index in [0.29, 0.717) is 13.2 Å². The molecule has 0 saturated heterocycles. The highest BCUT2D eigenvalue weighted by molar-refractivity contribution is 5.48. The van der Waals surface area contributed by atoms with E-state index >= 15 is 0 Å². The first-order chi connectivity index (χ1) is 14.6. The Morgan fingerprint density at radius 3 is 1.53 bits per heavy atom. The van der Waals surface area contributed by atoms with Gasteiger partial charge in [-0.25, -0.2) is 0 Å². The minimum atomic E-state index is -0.0129. The maximum Gasteiger partial charge on any atom is 0.122 e. The molecule has 164 valence electrons. The van der Waals surface area contributed by atoms with Gasteiger partial charge < -0.3 is 19.7 Å². The number of aliphatic hydroxyl groups excluding tert-OH is 2. The second-order valence-corrected chi connectivity index (χ2v) is 8.45. The van der Waals surface area contributed by atoms with Crippen LogP contribution in [0.4, 0.5) is 0 Å². The van der Waals surface area contributed by atoms with Crippen LogP contribution < -0.4 is 9.47 Å². The average molecular weight is 413 g/mol. The van der Waals surface area contributed by atoms with Crippen LogP contribution in [0.25, 0.3) is 0 Å². The van der Waals surface area contributed by atoms with Gasteiger partial charge in [-0.1, -0.05) is 56.4 Å². The summed E-state index contributed by atoms with van der Waals surface area (Å²) in [5.74, 6) is 1.69. The van der Waals surface area contributed by atoms with Crippen LogP contribution in [-0.2, 0) is 5.41 Å². The van der Waals surface area contributed by atoms with Crippen LogP contribution >= 0.6 is 0 Å². The van der Waals surface area contributed by atoms with Gasteiger partial charge in [-0.05, 0) is 61.1 Å². The molecule has 1 fully saturated rings. The lowest BCUT2D eigenvalue weighted by molar-refractivity contribution is 0.200. The van der Waals surface area contributed by atoms with Crippen molar-refractivity contribution in [1.29, 1.82) is 0 Å². The van der Waals surface area contributed by atoms with Crippen molar-refractivity contribution in [2.24, 2.45) is 0 Å².